The smallest absolute Gasteiger partial charge is 0.249 e. The lowest BCUT2D eigenvalue weighted by Gasteiger charge is -2.34. The monoisotopic (exact) mass is 584 g/mol. The molecule has 0 fully saturated rings. The molecule has 0 radical (unpaired) electrons. The molecule has 0 aliphatic carbocycles. The van der Waals surface area contributed by atoms with Crippen molar-refractivity contribution in [1.82, 2.24) is 20.9 Å². The highest BCUT2D eigenvalue weighted by Gasteiger charge is 2.39. The van der Waals surface area contributed by atoms with E-state index in [4.69, 9.17) is 4.74 Å². The van der Waals surface area contributed by atoms with E-state index in [1.54, 1.807) is 53.4 Å². The first-order chi connectivity index (χ1) is 20.6. The number of benzene rings is 3. The highest BCUT2D eigenvalue weighted by Crippen LogP contribution is 2.22. The lowest BCUT2D eigenvalue weighted by Crippen LogP contribution is -2.62. The summed E-state index contributed by atoms with van der Waals surface area (Å²) in [7, 11) is 3.62. The number of aliphatic hydroxyl groups excluding tert-OH is 1. The number of rotatable bonds is 8. The van der Waals surface area contributed by atoms with Gasteiger partial charge in [0.25, 0.3) is 0 Å². The van der Waals surface area contributed by atoms with Crippen LogP contribution in [-0.4, -0.2) is 66.1 Å². The maximum Gasteiger partial charge on any atom is 0.249 e. The van der Waals surface area contributed by atoms with E-state index in [0.717, 1.165) is 11.1 Å². The standard InChI is InChI=1S/C34H40N4O5/c1-22(2)31-29(37-32(40)27(38(3)4)21-24-11-7-5-8-12-24)34(42)36-28(30(39)25-13-9-6-10-14-25)33(41)35-20-19-23-15-17-26(43-31)18-16-23/h5-20,22,27-31,39H,21H2,1-4H3,(H,35,41)(H,36,42)(H,37,40)/b20-19-. The van der Waals surface area contributed by atoms with Crippen molar-refractivity contribution in [2.24, 2.45) is 5.92 Å². The van der Waals surface area contributed by atoms with E-state index in [0.29, 0.717) is 17.7 Å². The van der Waals surface area contributed by atoms with E-state index in [2.05, 4.69) is 16.0 Å². The normalized spacial score (nSPS) is 21.2. The summed E-state index contributed by atoms with van der Waals surface area (Å²) in [6, 6.07) is 22.3. The van der Waals surface area contributed by atoms with Crippen LogP contribution in [0.4, 0.5) is 0 Å². The third kappa shape index (κ3) is 8.30. The number of aliphatic hydroxyl groups is 1. The van der Waals surface area contributed by atoms with Crippen LogP contribution in [0.15, 0.2) is 91.1 Å². The second-order valence-corrected chi connectivity index (χ2v) is 11.2. The minimum Gasteiger partial charge on any atom is -0.487 e. The number of carbonyl (C=O) groups excluding carboxylic acids is 3. The average Bonchev–Trinajstić information content (AvgIpc) is 3.00. The molecular weight excluding hydrogens is 544 g/mol. The Kier molecular flexibility index (Phi) is 10.7. The molecule has 9 heteroatoms. The van der Waals surface area contributed by atoms with Crippen LogP contribution in [-0.2, 0) is 20.8 Å². The number of amides is 3. The molecule has 5 rings (SSSR count). The first kappa shape index (κ1) is 31.5. The molecule has 3 aromatic rings. The van der Waals surface area contributed by atoms with Crippen LogP contribution < -0.4 is 20.7 Å². The molecule has 3 aromatic carbocycles. The highest BCUT2D eigenvalue weighted by molar-refractivity contribution is 5.94. The van der Waals surface area contributed by atoms with E-state index in [-0.39, 0.29) is 11.8 Å². The zero-order valence-electron chi connectivity index (χ0n) is 24.9. The summed E-state index contributed by atoms with van der Waals surface area (Å²) in [6.45, 7) is 3.79. The van der Waals surface area contributed by atoms with Gasteiger partial charge >= 0.3 is 0 Å². The summed E-state index contributed by atoms with van der Waals surface area (Å²) in [4.78, 5) is 43.1. The number of fused-ring (bicyclic) bond motifs is 10. The second-order valence-electron chi connectivity index (χ2n) is 11.2. The topological polar surface area (TPSA) is 120 Å². The minimum absolute atomic E-state index is 0.221. The van der Waals surface area contributed by atoms with E-state index in [1.165, 1.54) is 6.20 Å². The minimum atomic E-state index is -1.36. The van der Waals surface area contributed by atoms with Gasteiger partial charge in [0.05, 0.1) is 6.04 Å². The van der Waals surface area contributed by atoms with Crippen LogP contribution in [0.25, 0.3) is 6.08 Å². The molecule has 0 saturated heterocycles. The molecule has 2 aliphatic rings. The van der Waals surface area contributed by atoms with Gasteiger partial charge in [0.1, 0.15) is 30.0 Å². The van der Waals surface area contributed by atoms with Crippen molar-refractivity contribution in [3.63, 3.8) is 0 Å². The molecule has 0 spiro atoms. The predicted octanol–water partition coefficient (Wildman–Crippen LogP) is 3.07. The zero-order valence-corrected chi connectivity index (χ0v) is 24.9. The van der Waals surface area contributed by atoms with Crippen LogP contribution in [0.3, 0.4) is 0 Å². The summed E-state index contributed by atoms with van der Waals surface area (Å²) in [6.07, 6.45) is 1.44. The Morgan fingerprint density at radius 2 is 1.56 bits per heavy atom. The van der Waals surface area contributed by atoms with Crippen molar-refractivity contribution in [3.05, 3.63) is 108 Å². The largest absolute Gasteiger partial charge is 0.487 e. The number of carbonyl (C=O) groups is 3. The van der Waals surface area contributed by atoms with Crippen LogP contribution in [0.5, 0.6) is 5.75 Å². The third-order valence-electron chi connectivity index (χ3n) is 7.45. The maximum atomic E-state index is 14.1. The summed E-state index contributed by atoms with van der Waals surface area (Å²) < 4.78 is 6.35. The Balaban J connectivity index is 1.72. The van der Waals surface area contributed by atoms with Crippen LogP contribution in [0.1, 0.15) is 36.6 Å². The van der Waals surface area contributed by atoms with Crippen LogP contribution >= 0.6 is 0 Å². The summed E-state index contributed by atoms with van der Waals surface area (Å²) in [5.74, 6) is -1.33. The summed E-state index contributed by atoms with van der Waals surface area (Å²) in [5.41, 5.74) is 2.24. The molecular formula is C34H40N4O5. The fraction of sp³-hybridized carbons (Fsp3) is 0.324. The molecule has 0 aromatic heterocycles. The van der Waals surface area contributed by atoms with Crippen molar-refractivity contribution < 1.29 is 24.2 Å². The van der Waals surface area contributed by atoms with E-state index >= 15 is 0 Å². The Hall–Kier alpha value is -4.47. The molecule has 3 amide bonds. The van der Waals surface area contributed by atoms with Gasteiger partial charge in [0.15, 0.2) is 0 Å². The summed E-state index contributed by atoms with van der Waals surface area (Å²) in [5, 5.41) is 19.6. The number of hydrogen-bond acceptors (Lipinski definition) is 6. The molecule has 226 valence electrons. The number of ether oxygens (including phenoxy) is 1. The van der Waals surface area contributed by atoms with E-state index in [1.807, 2.05) is 70.4 Å². The van der Waals surface area contributed by atoms with Gasteiger partial charge in [-0.3, -0.25) is 19.3 Å². The second kappa shape index (κ2) is 14.6. The first-order valence-electron chi connectivity index (χ1n) is 14.4. The van der Waals surface area contributed by atoms with E-state index < -0.39 is 42.1 Å². The fourth-order valence-corrected chi connectivity index (χ4v) is 4.98. The van der Waals surface area contributed by atoms with Gasteiger partial charge in [0.2, 0.25) is 17.7 Å². The molecule has 2 bridgehead atoms. The van der Waals surface area contributed by atoms with Gasteiger partial charge in [0, 0.05) is 6.20 Å². The number of nitrogens with one attached hydrogen (secondary N) is 3. The maximum absolute atomic E-state index is 14.1. The number of likely N-dealkylation sites (N-methyl/N-ethyl adjacent to an activating group) is 1. The number of nitrogens with zero attached hydrogens (tertiary/aromatic N) is 1. The van der Waals surface area contributed by atoms with Crippen molar-refractivity contribution in [2.75, 3.05) is 14.1 Å². The Morgan fingerprint density at radius 3 is 2.16 bits per heavy atom. The molecule has 2 heterocycles. The Morgan fingerprint density at radius 1 is 0.930 bits per heavy atom. The number of hydrogen-bond donors (Lipinski definition) is 4. The molecule has 43 heavy (non-hydrogen) atoms. The van der Waals surface area contributed by atoms with Crippen molar-refractivity contribution in [1.29, 1.82) is 0 Å². The van der Waals surface area contributed by atoms with Crippen molar-refractivity contribution in [3.8, 4) is 5.75 Å². The molecule has 4 N–H and O–H groups in total. The lowest BCUT2D eigenvalue weighted by molar-refractivity contribution is -0.137. The molecule has 0 saturated carbocycles. The summed E-state index contributed by atoms with van der Waals surface area (Å²) >= 11 is 0. The van der Waals surface area contributed by atoms with Gasteiger partial charge < -0.3 is 25.8 Å². The quantitative estimate of drug-likeness (QED) is 0.323. The molecule has 9 nitrogen and oxygen atoms in total. The van der Waals surface area contributed by atoms with Gasteiger partial charge in [-0.2, -0.15) is 0 Å². The van der Waals surface area contributed by atoms with Gasteiger partial charge in [-0.05, 0) is 61.3 Å². The van der Waals surface area contributed by atoms with Gasteiger partial charge in [-0.15, -0.1) is 0 Å². The first-order valence-corrected chi connectivity index (χ1v) is 14.4. The SMILES string of the molecule is CC(C)C1Oc2ccc(cc2)/C=C\NC(=O)C(C(O)c2ccccc2)NC(=O)C1NC(=O)C(Cc1ccccc1)N(C)C. The predicted molar refractivity (Wildman–Crippen MR) is 166 cm³/mol. The molecule has 5 unspecified atom stereocenters. The Labute approximate surface area is 252 Å². The van der Waals surface area contributed by atoms with Crippen molar-refractivity contribution in [2.45, 2.75) is 50.6 Å². The molecule has 5 atom stereocenters. The Bertz CT molecular complexity index is 1390. The molecule has 2 aliphatic heterocycles. The van der Waals surface area contributed by atoms with Crippen LogP contribution in [0, 0.1) is 5.92 Å². The third-order valence-corrected chi connectivity index (χ3v) is 7.45. The van der Waals surface area contributed by atoms with Gasteiger partial charge in [-0.25, -0.2) is 0 Å². The van der Waals surface area contributed by atoms with E-state index in [9.17, 15) is 19.5 Å². The highest BCUT2D eigenvalue weighted by atomic mass is 16.5. The lowest BCUT2D eigenvalue weighted by atomic mass is 9.95. The van der Waals surface area contributed by atoms with Crippen molar-refractivity contribution >= 4 is 23.8 Å². The zero-order chi connectivity index (χ0) is 30.9. The van der Waals surface area contributed by atoms with Crippen LogP contribution in [0.2, 0.25) is 0 Å². The average molecular weight is 585 g/mol. The fourth-order valence-electron chi connectivity index (χ4n) is 4.98. The van der Waals surface area contributed by atoms with Gasteiger partial charge in [-0.1, -0.05) is 86.6 Å².